The van der Waals surface area contributed by atoms with E-state index in [1.165, 1.54) is 30.7 Å². The number of nitriles is 1. The van der Waals surface area contributed by atoms with Gasteiger partial charge in [-0.2, -0.15) is 5.26 Å². The summed E-state index contributed by atoms with van der Waals surface area (Å²) in [5.74, 6) is 4.31. The van der Waals surface area contributed by atoms with Crippen LogP contribution in [0.3, 0.4) is 0 Å². The Balaban J connectivity index is 1.96. The topological polar surface area (TPSA) is 133 Å². The maximum Gasteiger partial charge on any atom is 0.274 e. The van der Waals surface area contributed by atoms with E-state index < -0.39 is 24.0 Å². The molecule has 1 fully saturated rings. The molecule has 0 spiro atoms. The number of hydrogen-bond donors (Lipinski definition) is 3. The van der Waals surface area contributed by atoms with E-state index in [-0.39, 0.29) is 5.56 Å². The molecule has 1 aromatic carbocycles. The zero-order chi connectivity index (χ0) is 18.4. The highest BCUT2D eigenvalue weighted by molar-refractivity contribution is 6.05. The SMILES string of the molecule is N#Cc1ccc(C(=O)N(N)C(=O)C(O)[C@H](N)CC2CCCCC2)cc1. The summed E-state index contributed by atoms with van der Waals surface area (Å²) in [7, 11) is 0. The maximum atomic E-state index is 12.3. The smallest absolute Gasteiger partial charge is 0.274 e. The summed E-state index contributed by atoms with van der Waals surface area (Å²) >= 11 is 0. The summed E-state index contributed by atoms with van der Waals surface area (Å²) in [5.41, 5.74) is 6.51. The first-order chi connectivity index (χ1) is 11.9. The summed E-state index contributed by atoms with van der Waals surface area (Å²) < 4.78 is 0. The number of rotatable bonds is 5. The molecule has 1 aliphatic rings. The van der Waals surface area contributed by atoms with Crippen LogP contribution in [0.25, 0.3) is 0 Å². The molecule has 5 N–H and O–H groups in total. The van der Waals surface area contributed by atoms with Crippen LogP contribution in [0, 0.1) is 17.2 Å². The van der Waals surface area contributed by atoms with Crippen molar-refractivity contribution >= 4 is 11.8 Å². The quantitative estimate of drug-likeness (QED) is 0.415. The molecular weight excluding hydrogens is 320 g/mol. The number of hydrazine groups is 1. The van der Waals surface area contributed by atoms with E-state index >= 15 is 0 Å². The number of nitrogens with zero attached hydrogens (tertiary/aromatic N) is 2. The minimum atomic E-state index is -1.52. The van der Waals surface area contributed by atoms with Crippen LogP contribution >= 0.6 is 0 Å². The molecule has 7 heteroatoms. The summed E-state index contributed by atoms with van der Waals surface area (Å²) in [6.07, 6.45) is 4.60. The number of carbonyl (C=O) groups is 2. The second kappa shape index (κ2) is 8.72. The molecule has 1 unspecified atom stereocenters. The summed E-state index contributed by atoms with van der Waals surface area (Å²) in [4.78, 5) is 24.5. The summed E-state index contributed by atoms with van der Waals surface area (Å²) in [6.45, 7) is 0. The standard InChI is InChI=1S/C18H24N4O3/c19-11-13-6-8-14(9-7-13)17(24)22(21)18(25)16(23)15(20)10-12-4-2-1-3-5-12/h6-9,12,15-16,23H,1-5,10,20-21H2/t15-,16?/m1/s1. The molecule has 0 saturated heterocycles. The van der Waals surface area contributed by atoms with E-state index in [2.05, 4.69) is 0 Å². The molecule has 0 aliphatic heterocycles. The van der Waals surface area contributed by atoms with Gasteiger partial charge in [-0.15, -0.1) is 0 Å². The van der Waals surface area contributed by atoms with Gasteiger partial charge < -0.3 is 10.8 Å². The Labute approximate surface area is 147 Å². The summed E-state index contributed by atoms with van der Waals surface area (Å²) in [5, 5.41) is 19.3. The molecule has 2 atom stereocenters. The maximum absolute atomic E-state index is 12.3. The van der Waals surface area contributed by atoms with E-state index in [9.17, 15) is 14.7 Å². The van der Waals surface area contributed by atoms with Gasteiger partial charge in [0, 0.05) is 11.6 Å². The number of amides is 2. The zero-order valence-electron chi connectivity index (χ0n) is 14.1. The van der Waals surface area contributed by atoms with Crippen molar-refractivity contribution in [3.05, 3.63) is 35.4 Å². The number of carbonyl (C=O) groups excluding carboxylic acids is 2. The van der Waals surface area contributed by atoms with Crippen molar-refractivity contribution < 1.29 is 14.7 Å². The molecule has 134 valence electrons. The minimum absolute atomic E-state index is 0.155. The van der Waals surface area contributed by atoms with Crippen molar-refractivity contribution in [2.24, 2.45) is 17.5 Å². The predicted octanol–water partition coefficient (Wildman–Crippen LogP) is 1.06. The molecule has 25 heavy (non-hydrogen) atoms. The lowest BCUT2D eigenvalue weighted by Gasteiger charge is -2.28. The molecule has 1 aromatic rings. The molecular formula is C18H24N4O3. The number of hydrogen-bond acceptors (Lipinski definition) is 6. The van der Waals surface area contributed by atoms with E-state index in [1.54, 1.807) is 0 Å². The van der Waals surface area contributed by atoms with Crippen LogP contribution in [0.2, 0.25) is 0 Å². The van der Waals surface area contributed by atoms with Gasteiger partial charge in [-0.3, -0.25) is 9.59 Å². The van der Waals surface area contributed by atoms with Gasteiger partial charge in [0.15, 0.2) is 0 Å². The molecule has 1 saturated carbocycles. The van der Waals surface area contributed by atoms with Crippen LogP contribution < -0.4 is 11.6 Å². The molecule has 0 radical (unpaired) electrons. The number of nitrogens with two attached hydrogens (primary N) is 2. The van der Waals surface area contributed by atoms with Crippen molar-refractivity contribution in [2.75, 3.05) is 0 Å². The predicted molar refractivity (Wildman–Crippen MR) is 91.7 cm³/mol. The van der Waals surface area contributed by atoms with Crippen LogP contribution in [0.1, 0.15) is 54.4 Å². The van der Waals surface area contributed by atoms with Crippen molar-refractivity contribution in [3.8, 4) is 6.07 Å². The average molecular weight is 344 g/mol. The molecule has 0 bridgehead atoms. The Bertz CT molecular complexity index is 647. The lowest BCUT2D eigenvalue weighted by atomic mass is 9.84. The highest BCUT2D eigenvalue weighted by Crippen LogP contribution is 2.27. The van der Waals surface area contributed by atoms with Crippen molar-refractivity contribution in [1.82, 2.24) is 5.01 Å². The van der Waals surface area contributed by atoms with Gasteiger partial charge in [-0.1, -0.05) is 32.1 Å². The average Bonchev–Trinajstić information content (AvgIpc) is 2.66. The fraction of sp³-hybridized carbons (Fsp3) is 0.500. The number of imide groups is 1. The molecule has 7 nitrogen and oxygen atoms in total. The van der Waals surface area contributed by atoms with Gasteiger partial charge in [0.25, 0.3) is 11.8 Å². The minimum Gasteiger partial charge on any atom is -0.382 e. The van der Waals surface area contributed by atoms with Crippen molar-refractivity contribution in [1.29, 1.82) is 5.26 Å². The number of aliphatic hydroxyl groups excluding tert-OH is 1. The van der Waals surface area contributed by atoms with E-state index in [1.807, 2.05) is 6.07 Å². The molecule has 0 heterocycles. The lowest BCUT2D eigenvalue weighted by molar-refractivity contribution is -0.138. The first-order valence-corrected chi connectivity index (χ1v) is 8.51. The fourth-order valence-electron chi connectivity index (χ4n) is 3.19. The van der Waals surface area contributed by atoms with Crippen molar-refractivity contribution in [3.63, 3.8) is 0 Å². The van der Waals surface area contributed by atoms with Gasteiger partial charge in [0.1, 0.15) is 6.10 Å². The number of aliphatic hydroxyl groups is 1. The molecule has 2 amide bonds. The third-order valence-corrected chi connectivity index (χ3v) is 4.71. The summed E-state index contributed by atoms with van der Waals surface area (Å²) in [6, 6.07) is 6.90. The highest BCUT2D eigenvalue weighted by atomic mass is 16.3. The van der Waals surface area contributed by atoms with Crippen LogP contribution in [-0.4, -0.2) is 34.1 Å². The Kier molecular flexibility index (Phi) is 6.65. The monoisotopic (exact) mass is 344 g/mol. The molecule has 0 aromatic heterocycles. The van der Waals surface area contributed by atoms with Crippen LogP contribution in [-0.2, 0) is 4.79 Å². The van der Waals surface area contributed by atoms with Gasteiger partial charge in [-0.25, -0.2) is 10.9 Å². The van der Waals surface area contributed by atoms with Crippen molar-refractivity contribution in [2.45, 2.75) is 50.7 Å². The second-order valence-electron chi connectivity index (χ2n) is 6.55. The lowest BCUT2D eigenvalue weighted by Crippen LogP contribution is -2.53. The molecule has 1 aliphatic carbocycles. The Morgan fingerprint density at radius 2 is 1.84 bits per heavy atom. The Hall–Kier alpha value is -2.27. The van der Waals surface area contributed by atoms with Crippen LogP contribution in [0.15, 0.2) is 24.3 Å². The van der Waals surface area contributed by atoms with Gasteiger partial charge in [-0.05, 0) is 36.6 Å². The van der Waals surface area contributed by atoms with Gasteiger partial charge in [0.2, 0.25) is 0 Å². The Morgan fingerprint density at radius 1 is 1.24 bits per heavy atom. The van der Waals surface area contributed by atoms with E-state index in [4.69, 9.17) is 16.8 Å². The van der Waals surface area contributed by atoms with Gasteiger partial charge in [0.05, 0.1) is 11.6 Å². The van der Waals surface area contributed by atoms with E-state index in [0.717, 1.165) is 25.7 Å². The normalized spacial score (nSPS) is 17.4. The van der Waals surface area contributed by atoms with Gasteiger partial charge >= 0.3 is 0 Å². The Morgan fingerprint density at radius 3 is 2.40 bits per heavy atom. The second-order valence-corrected chi connectivity index (χ2v) is 6.55. The zero-order valence-corrected chi connectivity index (χ0v) is 14.1. The first-order valence-electron chi connectivity index (χ1n) is 8.51. The third kappa shape index (κ3) is 4.86. The third-order valence-electron chi connectivity index (χ3n) is 4.71. The number of benzene rings is 1. The molecule has 2 rings (SSSR count). The van der Waals surface area contributed by atoms with Crippen LogP contribution in [0.5, 0.6) is 0 Å². The van der Waals surface area contributed by atoms with E-state index in [0.29, 0.717) is 22.9 Å². The highest BCUT2D eigenvalue weighted by Gasteiger charge is 2.31. The largest absolute Gasteiger partial charge is 0.382 e. The first kappa shape index (κ1) is 19.1. The fourth-order valence-corrected chi connectivity index (χ4v) is 3.19. The van der Waals surface area contributed by atoms with Crippen LogP contribution in [0.4, 0.5) is 0 Å².